The van der Waals surface area contributed by atoms with Crippen molar-refractivity contribution in [1.82, 2.24) is 0 Å². The van der Waals surface area contributed by atoms with E-state index in [1.165, 1.54) is 32.1 Å². The van der Waals surface area contributed by atoms with Crippen LogP contribution in [0.2, 0.25) is 0 Å². The SMILES string of the molecule is CCCCCCCCOc1cc(OC)ccc1CC(C)N. The smallest absolute Gasteiger partial charge is 0.126 e. The summed E-state index contributed by atoms with van der Waals surface area (Å²) in [5.74, 6) is 1.75. The summed E-state index contributed by atoms with van der Waals surface area (Å²) in [5, 5.41) is 0. The van der Waals surface area contributed by atoms with E-state index in [1.807, 2.05) is 19.1 Å². The van der Waals surface area contributed by atoms with Crippen LogP contribution < -0.4 is 15.2 Å². The number of hydrogen-bond donors (Lipinski definition) is 1. The molecule has 1 aromatic rings. The van der Waals surface area contributed by atoms with Gasteiger partial charge in [0, 0.05) is 12.1 Å². The first-order valence-electron chi connectivity index (χ1n) is 8.22. The maximum atomic E-state index is 5.95. The highest BCUT2D eigenvalue weighted by molar-refractivity contribution is 5.41. The molecule has 120 valence electrons. The van der Waals surface area contributed by atoms with Crippen LogP contribution >= 0.6 is 0 Å². The fraction of sp³-hybridized carbons (Fsp3) is 0.667. The van der Waals surface area contributed by atoms with Crippen molar-refractivity contribution < 1.29 is 9.47 Å². The van der Waals surface area contributed by atoms with Crippen LogP contribution in [0.1, 0.15) is 57.9 Å². The van der Waals surface area contributed by atoms with E-state index in [4.69, 9.17) is 15.2 Å². The minimum Gasteiger partial charge on any atom is -0.497 e. The molecule has 0 amide bonds. The number of benzene rings is 1. The maximum absolute atomic E-state index is 5.95. The van der Waals surface area contributed by atoms with Gasteiger partial charge in [-0.2, -0.15) is 0 Å². The van der Waals surface area contributed by atoms with Gasteiger partial charge in [-0.05, 0) is 31.4 Å². The van der Waals surface area contributed by atoms with Crippen molar-refractivity contribution in [1.29, 1.82) is 0 Å². The van der Waals surface area contributed by atoms with Crippen molar-refractivity contribution in [2.45, 2.75) is 64.8 Å². The third kappa shape index (κ3) is 7.37. The van der Waals surface area contributed by atoms with Gasteiger partial charge >= 0.3 is 0 Å². The molecule has 1 atom stereocenters. The lowest BCUT2D eigenvalue weighted by Crippen LogP contribution is -2.18. The second-order valence-electron chi connectivity index (χ2n) is 5.77. The van der Waals surface area contributed by atoms with Crippen LogP contribution in [0.4, 0.5) is 0 Å². The molecule has 0 radical (unpaired) electrons. The van der Waals surface area contributed by atoms with E-state index in [1.54, 1.807) is 7.11 Å². The Hall–Kier alpha value is -1.22. The Balaban J connectivity index is 2.43. The standard InChI is InChI=1S/C18H31NO2/c1-4-5-6-7-8-9-12-21-18-14-17(20-3)11-10-16(18)13-15(2)19/h10-11,14-15H,4-9,12-13,19H2,1-3H3. The van der Waals surface area contributed by atoms with Crippen molar-refractivity contribution in [3.8, 4) is 11.5 Å². The van der Waals surface area contributed by atoms with Crippen LogP contribution in [0.3, 0.4) is 0 Å². The number of rotatable bonds is 11. The van der Waals surface area contributed by atoms with Gasteiger partial charge in [0.05, 0.1) is 13.7 Å². The van der Waals surface area contributed by atoms with Crippen LogP contribution in [0.15, 0.2) is 18.2 Å². The third-order valence-electron chi connectivity index (χ3n) is 3.57. The quantitative estimate of drug-likeness (QED) is 0.618. The summed E-state index contributed by atoms with van der Waals surface area (Å²) in [5.41, 5.74) is 7.06. The summed E-state index contributed by atoms with van der Waals surface area (Å²) in [7, 11) is 1.68. The van der Waals surface area contributed by atoms with Gasteiger partial charge in [-0.15, -0.1) is 0 Å². The van der Waals surface area contributed by atoms with Gasteiger partial charge in [0.25, 0.3) is 0 Å². The zero-order valence-electron chi connectivity index (χ0n) is 13.9. The van der Waals surface area contributed by atoms with Gasteiger partial charge in [-0.25, -0.2) is 0 Å². The summed E-state index contributed by atoms with van der Waals surface area (Å²) in [6.45, 7) is 5.03. The molecule has 0 aromatic heterocycles. The molecule has 0 heterocycles. The first kappa shape index (κ1) is 17.8. The topological polar surface area (TPSA) is 44.5 Å². The molecule has 21 heavy (non-hydrogen) atoms. The van der Waals surface area contributed by atoms with Gasteiger partial charge < -0.3 is 15.2 Å². The van der Waals surface area contributed by atoms with E-state index in [0.29, 0.717) is 0 Å². The fourth-order valence-corrected chi connectivity index (χ4v) is 2.38. The highest BCUT2D eigenvalue weighted by Gasteiger charge is 2.08. The molecule has 0 bridgehead atoms. The molecule has 1 aromatic carbocycles. The summed E-state index contributed by atoms with van der Waals surface area (Å²) < 4.78 is 11.2. The Morgan fingerprint density at radius 3 is 2.48 bits per heavy atom. The van der Waals surface area contributed by atoms with Gasteiger partial charge in [0.1, 0.15) is 11.5 Å². The fourth-order valence-electron chi connectivity index (χ4n) is 2.38. The van der Waals surface area contributed by atoms with Gasteiger partial charge in [0.15, 0.2) is 0 Å². The Morgan fingerprint density at radius 1 is 1.10 bits per heavy atom. The summed E-state index contributed by atoms with van der Waals surface area (Å²) in [6.07, 6.45) is 8.46. The first-order valence-corrected chi connectivity index (χ1v) is 8.22. The zero-order chi connectivity index (χ0) is 15.5. The van der Waals surface area contributed by atoms with E-state index in [0.717, 1.165) is 36.5 Å². The predicted octanol–water partition coefficient (Wildman–Crippen LogP) is 4.32. The van der Waals surface area contributed by atoms with Crippen LogP contribution in [-0.2, 0) is 6.42 Å². The molecular formula is C18H31NO2. The second-order valence-corrected chi connectivity index (χ2v) is 5.77. The van der Waals surface area contributed by atoms with E-state index < -0.39 is 0 Å². The van der Waals surface area contributed by atoms with Crippen molar-refractivity contribution in [3.63, 3.8) is 0 Å². The van der Waals surface area contributed by atoms with Crippen molar-refractivity contribution >= 4 is 0 Å². The third-order valence-corrected chi connectivity index (χ3v) is 3.57. The van der Waals surface area contributed by atoms with Crippen LogP contribution in [0.25, 0.3) is 0 Å². The summed E-state index contributed by atoms with van der Waals surface area (Å²) in [6, 6.07) is 6.12. The van der Waals surface area contributed by atoms with Crippen molar-refractivity contribution in [2.75, 3.05) is 13.7 Å². The first-order chi connectivity index (χ1) is 10.2. The van der Waals surface area contributed by atoms with E-state index in [2.05, 4.69) is 13.0 Å². The normalized spacial score (nSPS) is 12.2. The molecular weight excluding hydrogens is 262 g/mol. The molecule has 0 aliphatic carbocycles. The van der Waals surface area contributed by atoms with Gasteiger partial charge in [-0.1, -0.05) is 45.1 Å². The Bertz CT molecular complexity index is 391. The molecule has 2 N–H and O–H groups in total. The lowest BCUT2D eigenvalue weighted by molar-refractivity contribution is 0.298. The second kappa shape index (κ2) is 10.5. The molecule has 3 heteroatoms. The number of hydrogen-bond acceptors (Lipinski definition) is 3. The van der Waals surface area contributed by atoms with Crippen molar-refractivity contribution in [3.05, 3.63) is 23.8 Å². The molecule has 1 unspecified atom stereocenters. The molecule has 0 fully saturated rings. The minimum atomic E-state index is 0.134. The molecule has 0 saturated carbocycles. The van der Waals surface area contributed by atoms with Crippen molar-refractivity contribution in [2.24, 2.45) is 5.73 Å². The summed E-state index contributed by atoms with van der Waals surface area (Å²) in [4.78, 5) is 0. The molecule has 1 rings (SSSR count). The molecule has 3 nitrogen and oxygen atoms in total. The average molecular weight is 293 g/mol. The van der Waals surface area contributed by atoms with Gasteiger partial charge in [0.2, 0.25) is 0 Å². The Morgan fingerprint density at radius 2 is 1.81 bits per heavy atom. The minimum absolute atomic E-state index is 0.134. The number of methoxy groups -OCH3 is 1. The Kier molecular flexibility index (Phi) is 8.91. The molecule has 0 spiro atoms. The lowest BCUT2D eigenvalue weighted by atomic mass is 10.1. The Labute approximate surface area is 129 Å². The maximum Gasteiger partial charge on any atom is 0.126 e. The number of nitrogens with two attached hydrogens (primary N) is 1. The van der Waals surface area contributed by atoms with Crippen LogP contribution in [0.5, 0.6) is 11.5 Å². The van der Waals surface area contributed by atoms with Crippen LogP contribution in [-0.4, -0.2) is 19.8 Å². The summed E-state index contributed by atoms with van der Waals surface area (Å²) >= 11 is 0. The van der Waals surface area contributed by atoms with E-state index >= 15 is 0 Å². The molecule has 0 aliphatic rings. The largest absolute Gasteiger partial charge is 0.497 e. The predicted molar refractivity (Wildman–Crippen MR) is 89.2 cm³/mol. The van der Waals surface area contributed by atoms with E-state index in [9.17, 15) is 0 Å². The molecule has 0 aliphatic heterocycles. The highest BCUT2D eigenvalue weighted by Crippen LogP contribution is 2.26. The zero-order valence-corrected chi connectivity index (χ0v) is 13.9. The van der Waals surface area contributed by atoms with Crippen LogP contribution in [0, 0.1) is 0 Å². The van der Waals surface area contributed by atoms with Gasteiger partial charge in [-0.3, -0.25) is 0 Å². The number of unbranched alkanes of at least 4 members (excludes halogenated alkanes) is 5. The number of ether oxygens (including phenoxy) is 2. The highest BCUT2D eigenvalue weighted by atomic mass is 16.5. The molecule has 0 saturated heterocycles. The monoisotopic (exact) mass is 293 g/mol. The van der Waals surface area contributed by atoms with E-state index in [-0.39, 0.29) is 6.04 Å². The average Bonchev–Trinajstić information content (AvgIpc) is 2.47. The lowest BCUT2D eigenvalue weighted by Gasteiger charge is -2.14.